The van der Waals surface area contributed by atoms with Crippen LogP contribution < -0.4 is 5.32 Å². The molecule has 1 aromatic carbocycles. The Kier molecular flexibility index (Phi) is 3.13. The van der Waals surface area contributed by atoms with E-state index in [9.17, 15) is 0 Å². The van der Waals surface area contributed by atoms with Gasteiger partial charge in [-0.3, -0.25) is 0 Å². The van der Waals surface area contributed by atoms with E-state index in [0.717, 1.165) is 47.6 Å². The third-order valence-electron chi connectivity index (χ3n) is 2.81. The van der Waals surface area contributed by atoms with Gasteiger partial charge in [0.2, 0.25) is 0 Å². The highest BCUT2D eigenvalue weighted by molar-refractivity contribution is 9.10. The minimum absolute atomic E-state index is 0.306. The van der Waals surface area contributed by atoms with E-state index >= 15 is 0 Å². The largest absolute Gasteiger partial charge is 0.441 e. The second kappa shape index (κ2) is 4.76. The Balaban J connectivity index is 1.80. The topological polar surface area (TPSA) is 47.3 Å². The molecule has 1 N–H and O–H groups in total. The van der Waals surface area contributed by atoms with Crippen molar-refractivity contribution in [2.75, 3.05) is 19.8 Å². The highest BCUT2D eigenvalue weighted by Gasteiger charge is 2.16. The lowest BCUT2D eigenvalue weighted by atomic mass is 10.2. The summed E-state index contributed by atoms with van der Waals surface area (Å²) in [7, 11) is 0. The van der Waals surface area contributed by atoms with Gasteiger partial charge >= 0.3 is 0 Å². The minimum atomic E-state index is 0.306. The van der Waals surface area contributed by atoms with Gasteiger partial charge in [0.15, 0.2) is 11.5 Å². The maximum absolute atomic E-state index is 5.70. The lowest BCUT2D eigenvalue weighted by Gasteiger charge is -2.22. The molecule has 2 aromatic rings. The van der Waals surface area contributed by atoms with Crippen LogP contribution in [-0.4, -0.2) is 30.8 Å². The van der Waals surface area contributed by atoms with Gasteiger partial charge in [0, 0.05) is 23.5 Å². The molecule has 1 saturated heterocycles. The maximum Gasteiger partial charge on any atom is 0.197 e. The van der Waals surface area contributed by atoms with Crippen molar-refractivity contribution in [3.63, 3.8) is 0 Å². The number of halogens is 1. The predicted molar refractivity (Wildman–Crippen MR) is 68.0 cm³/mol. The Labute approximate surface area is 107 Å². The van der Waals surface area contributed by atoms with Crippen molar-refractivity contribution in [3.05, 3.63) is 28.6 Å². The minimum Gasteiger partial charge on any atom is -0.441 e. The van der Waals surface area contributed by atoms with E-state index in [2.05, 4.69) is 26.2 Å². The second-order valence-electron chi connectivity index (χ2n) is 4.15. The van der Waals surface area contributed by atoms with E-state index in [-0.39, 0.29) is 0 Å². The number of hydrogen-bond donors (Lipinski definition) is 1. The number of benzene rings is 1. The fourth-order valence-electron chi connectivity index (χ4n) is 2.00. The zero-order valence-electron chi connectivity index (χ0n) is 9.28. The molecular formula is C12H13BrN2O2. The molecule has 1 unspecified atom stereocenters. The molecule has 2 heterocycles. The van der Waals surface area contributed by atoms with Gasteiger partial charge in [-0.25, -0.2) is 4.98 Å². The van der Waals surface area contributed by atoms with Gasteiger partial charge in [0.05, 0.1) is 13.2 Å². The van der Waals surface area contributed by atoms with Crippen molar-refractivity contribution >= 4 is 27.0 Å². The summed E-state index contributed by atoms with van der Waals surface area (Å²) in [6.45, 7) is 2.41. The first-order valence-electron chi connectivity index (χ1n) is 5.67. The van der Waals surface area contributed by atoms with Gasteiger partial charge in [-0.05, 0) is 18.2 Å². The van der Waals surface area contributed by atoms with Crippen LogP contribution in [0.4, 0.5) is 0 Å². The second-order valence-corrected chi connectivity index (χ2v) is 5.07. The molecule has 1 aliphatic heterocycles. The molecule has 90 valence electrons. The van der Waals surface area contributed by atoms with Crippen LogP contribution in [0, 0.1) is 0 Å². The molecule has 0 amide bonds. The molecule has 0 aliphatic carbocycles. The average molecular weight is 297 g/mol. The third-order valence-corrected chi connectivity index (χ3v) is 3.31. The monoisotopic (exact) mass is 296 g/mol. The Morgan fingerprint density at radius 1 is 1.47 bits per heavy atom. The van der Waals surface area contributed by atoms with Crippen molar-refractivity contribution in [2.24, 2.45) is 0 Å². The van der Waals surface area contributed by atoms with E-state index in [1.165, 1.54) is 0 Å². The maximum atomic E-state index is 5.70. The molecule has 1 aliphatic rings. The van der Waals surface area contributed by atoms with Crippen LogP contribution >= 0.6 is 15.9 Å². The molecule has 5 heteroatoms. The van der Waals surface area contributed by atoms with Gasteiger partial charge in [0.25, 0.3) is 0 Å². The first kappa shape index (κ1) is 11.2. The summed E-state index contributed by atoms with van der Waals surface area (Å²) < 4.78 is 12.1. The van der Waals surface area contributed by atoms with Crippen molar-refractivity contribution in [2.45, 2.75) is 12.5 Å². The van der Waals surface area contributed by atoms with E-state index in [1.807, 2.05) is 18.2 Å². The van der Waals surface area contributed by atoms with Crippen LogP contribution in [0.1, 0.15) is 5.89 Å². The zero-order chi connectivity index (χ0) is 11.7. The molecule has 0 bridgehead atoms. The van der Waals surface area contributed by atoms with Gasteiger partial charge < -0.3 is 14.5 Å². The predicted octanol–water partition coefficient (Wildman–Crippen LogP) is 2.12. The van der Waals surface area contributed by atoms with Crippen molar-refractivity contribution in [1.82, 2.24) is 10.3 Å². The highest BCUT2D eigenvalue weighted by Crippen LogP contribution is 2.21. The Morgan fingerprint density at radius 3 is 3.24 bits per heavy atom. The smallest absolute Gasteiger partial charge is 0.197 e. The molecule has 1 aromatic heterocycles. The van der Waals surface area contributed by atoms with E-state index in [4.69, 9.17) is 9.15 Å². The number of nitrogens with one attached hydrogen (secondary N) is 1. The first-order chi connectivity index (χ1) is 8.31. The molecule has 1 atom stereocenters. The van der Waals surface area contributed by atoms with E-state index in [0.29, 0.717) is 6.04 Å². The SMILES string of the molecule is Brc1ccc2oc(CC3COCCN3)nc2c1. The first-order valence-corrected chi connectivity index (χ1v) is 6.47. The summed E-state index contributed by atoms with van der Waals surface area (Å²) in [4.78, 5) is 4.48. The third kappa shape index (κ3) is 2.51. The molecular weight excluding hydrogens is 284 g/mol. The number of oxazole rings is 1. The fraction of sp³-hybridized carbons (Fsp3) is 0.417. The zero-order valence-corrected chi connectivity index (χ0v) is 10.9. The summed E-state index contributed by atoms with van der Waals surface area (Å²) in [6.07, 6.45) is 0.770. The Bertz CT molecular complexity index is 520. The normalized spacial score (nSPS) is 20.9. The van der Waals surface area contributed by atoms with E-state index in [1.54, 1.807) is 0 Å². The number of aromatic nitrogens is 1. The number of hydrogen-bond acceptors (Lipinski definition) is 4. The number of ether oxygens (including phenoxy) is 1. The molecule has 4 nitrogen and oxygen atoms in total. The van der Waals surface area contributed by atoms with Crippen LogP contribution in [0.3, 0.4) is 0 Å². The van der Waals surface area contributed by atoms with Crippen LogP contribution in [-0.2, 0) is 11.2 Å². The lowest BCUT2D eigenvalue weighted by Crippen LogP contribution is -2.42. The summed E-state index contributed by atoms with van der Waals surface area (Å²) in [5.74, 6) is 0.765. The van der Waals surface area contributed by atoms with Crippen molar-refractivity contribution in [1.29, 1.82) is 0 Å². The molecule has 3 rings (SSSR count). The van der Waals surface area contributed by atoms with Crippen LogP contribution in [0.15, 0.2) is 27.1 Å². The molecule has 0 radical (unpaired) electrons. The fourth-order valence-corrected chi connectivity index (χ4v) is 2.35. The molecule has 0 spiro atoms. The standard InChI is InChI=1S/C12H13BrN2O2/c13-8-1-2-11-10(5-8)15-12(17-11)6-9-7-16-4-3-14-9/h1-2,5,9,14H,3-4,6-7H2. The quantitative estimate of drug-likeness (QED) is 0.922. The highest BCUT2D eigenvalue weighted by atomic mass is 79.9. The average Bonchev–Trinajstić information content (AvgIpc) is 2.71. The summed E-state index contributed by atoms with van der Waals surface area (Å²) in [5.41, 5.74) is 1.73. The summed E-state index contributed by atoms with van der Waals surface area (Å²) >= 11 is 3.43. The number of nitrogens with zero attached hydrogens (tertiary/aromatic N) is 1. The number of rotatable bonds is 2. The Morgan fingerprint density at radius 2 is 2.41 bits per heavy atom. The van der Waals surface area contributed by atoms with Crippen LogP contribution in [0.5, 0.6) is 0 Å². The van der Waals surface area contributed by atoms with Gasteiger partial charge in [0.1, 0.15) is 5.52 Å². The van der Waals surface area contributed by atoms with Crippen molar-refractivity contribution < 1.29 is 9.15 Å². The molecule has 1 fully saturated rings. The summed E-state index contributed by atoms with van der Waals surface area (Å²) in [5, 5.41) is 3.39. The summed E-state index contributed by atoms with van der Waals surface area (Å²) in [6, 6.07) is 6.16. The number of fused-ring (bicyclic) bond motifs is 1. The van der Waals surface area contributed by atoms with Crippen LogP contribution in [0.25, 0.3) is 11.1 Å². The Hall–Kier alpha value is -0.910. The van der Waals surface area contributed by atoms with Crippen LogP contribution in [0.2, 0.25) is 0 Å². The van der Waals surface area contributed by atoms with Gasteiger partial charge in [-0.2, -0.15) is 0 Å². The molecule has 17 heavy (non-hydrogen) atoms. The molecule has 0 saturated carbocycles. The van der Waals surface area contributed by atoms with Crippen molar-refractivity contribution in [3.8, 4) is 0 Å². The van der Waals surface area contributed by atoms with E-state index < -0.39 is 0 Å². The van der Waals surface area contributed by atoms with Gasteiger partial charge in [-0.15, -0.1) is 0 Å². The lowest BCUT2D eigenvalue weighted by molar-refractivity contribution is 0.0751. The van der Waals surface area contributed by atoms with Gasteiger partial charge in [-0.1, -0.05) is 15.9 Å². The number of morpholine rings is 1.